The van der Waals surface area contributed by atoms with Crippen LogP contribution < -0.4 is 11.5 Å². The number of amides is 1. The molecule has 17 heavy (non-hydrogen) atoms. The van der Waals surface area contributed by atoms with Gasteiger partial charge in [0, 0.05) is 25.2 Å². The minimum absolute atomic E-state index is 0.416. The second-order valence-corrected chi connectivity index (χ2v) is 5.86. The fourth-order valence-corrected chi connectivity index (χ4v) is 3.07. The van der Waals surface area contributed by atoms with E-state index in [-0.39, 0.29) is 0 Å². The van der Waals surface area contributed by atoms with Crippen molar-refractivity contribution in [1.29, 1.82) is 0 Å². The number of carbonyl (C=O) groups excluding carboxylic acids is 1. The van der Waals surface area contributed by atoms with E-state index in [1.165, 1.54) is 19.3 Å². The summed E-state index contributed by atoms with van der Waals surface area (Å²) in [6.45, 7) is 4.32. The molecule has 0 aromatic carbocycles. The Morgan fingerprint density at radius 2 is 2.00 bits per heavy atom. The number of likely N-dealkylation sites (N-methyl/N-ethyl adjacent to an activating group) is 1. The summed E-state index contributed by atoms with van der Waals surface area (Å²) in [4.78, 5) is 16.0. The number of nitrogens with two attached hydrogens (primary N) is 2. The third-order valence-corrected chi connectivity index (χ3v) is 4.35. The molecule has 2 bridgehead atoms. The molecule has 0 aliphatic carbocycles. The van der Waals surface area contributed by atoms with Gasteiger partial charge >= 0.3 is 0 Å². The maximum absolute atomic E-state index is 11.3. The topological polar surface area (TPSA) is 75.6 Å². The Hall–Kier alpha value is -0.650. The van der Waals surface area contributed by atoms with Crippen LogP contribution in [-0.2, 0) is 4.79 Å². The highest BCUT2D eigenvalue weighted by Crippen LogP contribution is 2.28. The lowest BCUT2D eigenvalue weighted by Crippen LogP contribution is -2.57. The van der Waals surface area contributed by atoms with Gasteiger partial charge in [0.2, 0.25) is 5.91 Å². The molecule has 2 rings (SSSR count). The molecule has 0 aromatic heterocycles. The average Bonchev–Trinajstić information content (AvgIpc) is 2.46. The summed E-state index contributed by atoms with van der Waals surface area (Å²) in [6, 6.07) is 1.33. The molecule has 98 valence electrons. The van der Waals surface area contributed by atoms with Crippen LogP contribution in [0.1, 0.15) is 26.2 Å². The fourth-order valence-electron chi connectivity index (χ4n) is 3.07. The first-order valence-electron chi connectivity index (χ1n) is 6.43. The summed E-state index contributed by atoms with van der Waals surface area (Å²) in [5, 5.41) is 0. The predicted octanol–water partition coefficient (Wildman–Crippen LogP) is -0.642. The van der Waals surface area contributed by atoms with Gasteiger partial charge in [0.1, 0.15) is 5.54 Å². The molecular weight excluding hydrogens is 216 g/mol. The molecule has 5 nitrogen and oxygen atoms in total. The summed E-state index contributed by atoms with van der Waals surface area (Å²) in [5.41, 5.74) is 10.4. The Bertz CT molecular complexity index is 305. The summed E-state index contributed by atoms with van der Waals surface area (Å²) < 4.78 is 0. The lowest BCUT2D eigenvalue weighted by atomic mass is 10.0. The van der Waals surface area contributed by atoms with Gasteiger partial charge in [-0.05, 0) is 39.8 Å². The Morgan fingerprint density at radius 3 is 2.65 bits per heavy atom. The van der Waals surface area contributed by atoms with E-state index in [2.05, 4.69) is 16.8 Å². The van der Waals surface area contributed by atoms with Crippen LogP contribution in [0.25, 0.3) is 0 Å². The summed E-state index contributed by atoms with van der Waals surface area (Å²) in [6.07, 6.45) is 3.74. The standard InChI is InChI=1S/C12H24N4O/c1-12(14,11(13)17)8-16-6-5-9-3-4-10(7-16)15(9)2/h9-10H,3-8,14H2,1-2H3,(H2,13,17). The molecule has 0 radical (unpaired) electrons. The van der Waals surface area contributed by atoms with E-state index in [9.17, 15) is 4.79 Å². The van der Waals surface area contributed by atoms with Crippen molar-refractivity contribution >= 4 is 5.91 Å². The normalized spacial score (nSPS) is 34.3. The van der Waals surface area contributed by atoms with E-state index < -0.39 is 11.4 Å². The Morgan fingerprint density at radius 1 is 1.35 bits per heavy atom. The van der Waals surface area contributed by atoms with E-state index in [1.807, 2.05) is 0 Å². The quantitative estimate of drug-likeness (QED) is 0.688. The zero-order valence-electron chi connectivity index (χ0n) is 10.9. The van der Waals surface area contributed by atoms with Crippen LogP contribution in [0.4, 0.5) is 0 Å². The zero-order valence-corrected chi connectivity index (χ0v) is 10.9. The van der Waals surface area contributed by atoms with Gasteiger partial charge in [-0.3, -0.25) is 14.6 Å². The van der Waals surface area contributed by atoms with Gasteiger partial charge in [0.15, 0.2) is 0 Å². The van der Waals surface area contributed by atoms with Gasteiger partial charge < -0.3 is 11.5 Å². The largest absolute Gasteiger partial charge is 0.368 e. The van der Waals surface area contributed by atoms with Gasteiger partial charge in [0.05, 0.1) is 0 Å². The molecule has 2 heterocycles. The molecule has 0 saturated carbocycles. The Labute approximate surface area is 103 Å². The van der Waals surface area contributed by atoms with Crippen molar-refractivity contribution in [3.05, 3.63) is 0 Å². The molecule has 2 fully saturated rings. The summed E-state index contributed by atoms with van der Waals surface area (Å²) in [7, 11) is 2.21. The highest BCUT2D eigenvalue weighted by Gasteiger charge is 2.37. The number of carbonyl (C=O) groups is 1. The molecule has 1 amide bonds. The van der Waals surface area contributed by atoms with Crippen LogP contribution in [0.15, 0.2) is 0 Å². The third-order valence-electron chi connectivity index (χ3n) is 4.35. The Balaban J connectivity index is 1.98. The average molecular weight is 240 g/mol. The van der Waals surface area contributed by atoms with Gasteiger partial charge in [-0.2, -0.15) is 0 Å². The molecule has 5 heteroatoms. The van der Waals surface area contributed by atoms with Crippen molar-refractivity contribution in [3.8, 4) is 0 Å². The molecule has 0 spiro atoms. The second-order valence-electron chi connectivity index (χ2n) is 5.86. The van der Waals surface area contributed by atoms with Crippen LogP contribution in [0.2, 0.25) is 0 Å². The van der Waals surface area contributed by atoms with Crippen LogP contribution in [0, 0.1) is 0 Å². The molecule has 3 unspecified atom stereocenters. The number of nitrogens with zero attached hydrogens (tertiary/aromatic N) is 2. The van der Waals surface area contributed by atoms with Crippen molar-refractivity contribution in [2.24, 2.45) is 11.5 Å². The van der Waals surface area contributed by atoms with Crippen molar-refractivity contribution < 1.29 is 4.79 Å². The van der Waals surface area contributed by atoms with Gasteiger partial charge in [0.25, 0.3) is 0 Å². The summed E-state index contributed by atoms with van der Waals surface area (Å²) >= 11 is 0. The number of fused-ring (bicyclic) bond motifs is 2. The molecule has 3 atom stereocenters. The Kier molecular flexibility index (Phi) is 3.43. The molecule has 4 N–H and O–H groups in total. The number of primary amides is 1. The molecule has 2 saturated heterocycles. The molecule has 2 aliphatic rings. The smallest absolute Gasteiger partial charge is 0.238 e. The van der Waals surface area contributed by atoms with Crippen LogP contribution in [0.3, 0.4) is 0 Å². The highest BCUT2D eigenvalue weighted by atomic mass is 16.1. The highest BCUT2D eigenvalue weighted by molar-refractivity contribution is 5.84. The lowest BCUT2D eigenvalue weighted by molar-refractivity contribution is -0.123. The maximum atomic E-state index is 11.3. The molecular formula is C12H24N4O. The van der Waals surface area contributed by atoms with Crippen molar-refractivity contribution in [1.82, 2.24) is 9.80 Å². The SMILES string of the molecule is CN1C2CCC1CN(CC(C)(N)C(N)=O)CC2. The maximum Gasteiger partial charge on any atom is 0.238 e. The van der Waals surface area contributed by atoms with Gasteiger partial charge in [-0.25, -0.2) is 0 Å². The first-order valence-corrected chi connectivity index (χ1v) is 6.43. The van der Waals surface area contributed by atoms with E-state index in [0.29, 0.717) is 18.6 Å². The zero-order chi connectivity index (χ0) is 12.6. The van der Waals surface area contributed by atoms with Crippen LogP contribution >= 0.6 is 0 Å². The molecule has 0 aromatic rings. The van der Waals surface area contributed by atoms with Crippen molar-refractivity contribution in [2.45, 2.75) is 43.8 Å². The van der Waals surface area contributed by atoms with Gasteiger partial charge in [-0.15, -0.1) is 0 Å². The van der Waals surface area contributed by atoms with E-state index >= 15 is 0 Å². The predicted molar refractivity (Wildman–Crippen MR) is 67.4 cm³/mol. The number of rotatable bonds is 3. The summed E-state index contributed by atoms with van der Waals surface area (Å²) in [5.74, 6) is -0.416. The number of hydrogen-bond acceptors (Lipinski definition) is 4. The van der Waals surface area contributed by atoms with Gasteiger partial charge in [-0.1, -0.05) is 0 Å². The van der Waals surface area contributed by atoms with E-state index in [4.69, 9.17) is 11.5 Å². The van der Waals surface area contributed by atoms with Crippen LogP contribution in [-0.4, -0.2) is 60.0 Å². The van der Waals surface area contributed by atoms with E-state index in [0.717, 1.165) is 13.1 Å². The van der Waals surface area contributed by atoms with E-state index in [1.54, 1.807) is 6.92 Å². The fraction of sp³-hybridized carbons (Fsp3) is 0.917. The van der Waals surface area contributed by atoms with Crippen LogP contribution in [0.5, 0.6) is 0 Å². The first kappa shape index (κ1) is 12.8. The van der Waals surface area contributed by atoms with Crippen molar-refractivity contribution in [3.63, 3.8) is 0 Å². The second kappa shape index (κ2) is 4.55. The number of likely N-dealkylation sites (tertiary alicyclic amines) is 1. The monoisotopic (exact) mass is 240 g/mol. The molecule has 2 aliphatic heterocycles. The lowest BCUT2D eigenvalue weighted by Gasteiger charge is -2.31. The number of hydrogen-bond donors (Lipinski definition) is 2. The minimum atomic E-state index is -0.915. The minimum Gasteiger partial charge on any atom is -0.368 e. The third kappa shape index (κ3) is 2.61. The van der Waals surface area contributed by atoms with Crippen molar-refractivity contribution in [2.75, 3.05) is 26.7 Å². The first-order chi connectivity index (χ1) is 7.90.